The molecule has 1 aromatic heterocycles. The largest absolute Gasteiger partial charge is 0.450 e. The Morgan fingerprint density at radius 3 is 2.75 bits per heavy atom. The van der Waals surface area contributed by atoms with Gasteiger partial charge in [0.25, 0.3) is 0 Å². The maximum Gasteiger partial charge on any atom is 0.411 e. The predicted molar refractivity (Wildman–Crippen MR) is 76.4 cm³/mol. The Morgan fingerprint density at radius 1 is 1.30 bits per heavy atom. The lowest BCUT2D eigenvalue weighted by Gasteiger charge is -2.10. The molecule has 5 nitrogen and oxygen atoms in total. The second kappa shape index (κ2) is 6.77. The van der Waals surface area contributed by atoms with Crippen LogP contribution in [0.25, 0.3) is 0 Å². The number of aromatic nitrogens is 1. The number of nitrogens with zero attached hydrogens (tertiary/aromatic N) is 1. The van der Waals surface area contributed by atoms with Crippen molar-refractivity contribution in [3.63, 3.8) is 0 Å². The summed E-state index contributed by atoms with van der Waals surface area (Å²) in [6.07, 6.45) is 1.02. The fourth-order valence-corrected chi connectivity index (χ4v) is 1.58. The van der Waals surface area contributed by atoms with Crippen LogP contribution in [0.4, 0.5) is 10.5 Å². The quantitative estimate of drug-likeness (QED) is 0.922. The first-order valence-electron chi connectivity index (χ1n) is 6.01. The number of hydrogen-bond acceptors (Lipinski definition) is 4. The number of carbonyl (C=O) groups excluding carboxylic acids is 1. The molecule has 0 fully saturated rings. The monoisotopic (exact) mass is 292 g/mol. The standard InChI is InChI=1S/C14H13ClN2O3/c1-2-19-14(18)17-12-4-3-9-16-13(12)20-11-7-5-10(15)6-8-11/h3-9H,2H2,1H3,(H,17,18). The highest BCUT2D eigenvalue weighted by atomic mass is 35.5. The molecule has 0 bridgehead atoms. The van der Waals surface area contributed by atoms with Crippen LogP contribution in [0.3, 0.4) is 0 Å². The second-order valence-corrected chi connectivity index (χ2v) is 4.19. The molecule has 0 aliphatic heterocycles. The summed E-state index contributed by atoms with van der Waals surface area (Å²) in [5.41, 5.74) is 0.431. The summed E-state index contributed by atoms with van der Waals surface area (Å²) < 4.78 is 10.4. The van der Waals surface area contributed by atoms with Crippen molar-refractivity contribution in [3.8, 4) is 11.6 Å². The van der Waals surface area contributed by atoms with Gasteiger partial charge in [-0.25, -0.2) is 9.78 Å². The van der Waals surface area contributed by atoms with Crippen molar-refractivity contribution in [2.24, 2.45) is 0 Å². The molecule has 2 rings (SSSR count). The number of rotatable bonds is 4. The number of amides is 1. The molecule has 1 amide bonds. The van der Waals surface area contributed by atoms with E-state index >= 15 is 0 Å². The third-order valence-corrected chi connectivity index (χ3v) is 2.56. The minimum atomic E-state index is -0.554. The number of hydrogen-bond donors (Lipinski definition) is 1. The molecule has 0 saturated heterocycles. The van der Waals surface area contributed by atoms with E-state index in [4.69, 9.17) is 21.1 Å². The van der Waals surface area contributed by atoms with Gasteiger partial charge >= 0.3 is 6.09 Å². The van der Waals surface area contributed by atoms with Gasteiger partial charge in [-0.05, 0) is 43.3 Å². The third kappa shape index (κ3) is 3.86. The number of pyridine rings is 1. The van der Waals surface area contributed by atoms with E-state index in [1.165, 1.54) is 0 Å². The number of carbonyl (C=O) groups is 1. The molecule has 0 saturated carbocycles. The topological polar surface area (TPSA) is 60.5 Å². The van der Waals surface area contributed by atoms with E-state index in [0.29, 0.717) is 23.1 Å². The zero-order chi connectivity index (χ0) is 14.4. The van der Waals surface area contributed by atoms with E-state index in [9.17, 15) is 4.79 Å². The molecule has 20 heavy (non-hydrogen) atoms. The highest BCUT2D eigenvalue weighted by Crippen LogP contribution is 2.27. The van der Waals surface area contributed by atoms with E-state index in [1.54, 1.807) is 49.5 Å². The van der Waals surface area contributed by atoms with Crippen molar-refractivity contribution < 1.29 is 14.3 Å². The van der Waals surface area contributed by atoms with Crippen LogP contribution in [0, 0.1) is 0 Å². The molecule has 0 aliphatic rings. The van der Waals surface area contributed by atoms with Gasteiger partial charge in [0.15, 0.2) is 0 Å². The van der Waals surface area contributed by atoms with Gasteiger partial charge in [-0.3, -0.25) is 5.32 Å². The van der Waals surface area contributed by atoms with Crippen LogP contribution in [0.1, 0.15) is 6.92 Å². The summed E-state index contributed by atoms with van der Waals surface area (Å²) in [6.45, 7) is 2.02. The normalized spacial score (nSPS) is 9.90. The van der Waals surface area contributed by atoms with E-state index < -0.39 is 6.09 Å². The number of nitrogens with one attached hydrogen (secondary N) is 1. The van der Waals surface area contributed by atoms with Crippen LogP contribution in [-0.4, -0.2) is 17.7 Å². The van der Waals surface area contributed by atoms with E-state index in [1.807, 2.05) is 0 Å². The minimum Gasteiger partial charge on any atom is -0.450 e. The molecule has 6 heteroatoms. The lowest BCUT2D eigenvalue weighted by molar-refractivity contribution is 0.168. The van der Waals surface area contributed by atoms with E-state index in [2.05, 4.69) is 10.3 Å². The predicted octanol–water partition coefficient (Wildman–Crippen LogP) is 4.10. The molecule has 2 aromatic rings. The fraction of sp³-hybridized carbons (Fsp3) is 0.143. The smallest absolute Gasteiger partial charge is 0.411 e. The lowest BCUT2D eigenvalue weighted by Crippen LogP contribution is -2.14. The molecule has 1 N–H and O–H groups in total. The molecule has 0 unspecified atom stereocenters. The zero-order valence-electron chi connectivity index (χ0n) is 10.8. The number of anilines is 1. The van der Waals surface area contributed by atoms with Gasteiger partial charge < -0.3 is 9.47 Å². The van der Waals surface area contributed by atoms with Crippen LogP contribution in [-0.2, 0) is 4.74 Å². The Hall–Kier alpha value is -2.27. The Morgan fingerprint density at radius 2 is 2.05 bits per heavy atom. The Labute approximate surface area is 121 Å². The maximum atomic E-state index is 11.4. The molecule has 1 heterocycles. The molecule has 1 aromatic carbocycles. The highest BCUT2D eigenvalue weighted by Gasteiger charge is 2.10. The highest BCUT2D eigenvalue weighted by molar-refractivity contribution is 6.30. The summed E-state index contributed by atoms with van der Waals surface area (Å²) in [5, 5.41) is 3.18. The second-order valence-electron chi connectivity index (χ2n) is 3.76. The molecule has 0 aliphatic carbocycles. The average Bonchev–Trinajstić information content (AvgIpc) is 2.44. The SMILES string of the molecule is CCOC(=O)Nc1cccnc1Oc1ccc(Cl)cc1. The van der Waals surface area contributed by atoms with Gasteiger partial charge in [-0.1, -0.05) is 11.6 Å². The van der Waals surface area contributed by atoms with Crippen LogP contribution in [0.5, 0.6) is 11.6 Å². The summed E-state index contributed by atoms with van der Waals surface area (Å²) >= 11 is 5.80. The first-order chi connectivity index (χ1) is 9.69. The van der Waals surface area contributed by atoms with E-state index in [0.717, 1.165) is 0 Å². The van der Waals surface area contributed by atoms with Crippen LogP contribution < -0.4 is 10.1 Å². The van der Waals surface area contributed by atoms with E-state index in [-0.39, 0.29) is 5.88 Å². The van der Waals surface area contributed by atoms with Crippen molar-refractivity contribution in [2.45, 2.75) is 6.92 Å². The van der Waals surface area contributed by atoms with Gasteiger partial charge in [0.2, 0.25) is 5.88 Å². The summed E-state index contributed by atoms with van der Waals surface area (Å²) in [4.78, 5) is 15.5. The van der Waals surface area contributed by atoms with Gasteiger partial charge in [0.1, 0.15) is 11.4 Å². The summed E-state index contributed by atoms with van der Waals surface area (Å²) in [5.74, 6) is 0.850. The fourth-order valence-electron chi connectivity index (χ4n) is 1.46. The van der Waals surface area contributed by atoms with Crippen LogP contribution >= 0.6 is 11.6 Å². The summed E-state index contributed by atoms with van der Waals surface area (Å²) in [6, 6.07) is 10.2. The Kier molecular flexibility index (Phi) is 4.79. The van der Waals surface area contributed by atoms with Crippen molar-refractivity contribution in [1.82, 2.24) is 4.98 Å². The Balaban J connectivity index is 2.15. The molecule has 0 atom stereocenters. The van der Waals surface area contributed by atoms with Crippen molar-refractivity contribution in [1.29, 1.82) is 0 Å². The molecular formula is C14H13ClN2O3. The molecule has 104 valence electrons. The lowest BCUT2D eigenvalue weighted by atomic mass is 10.3. The van der Waals surface area contributed by atoms with Gasteiger partial charge in [0, 0.05) is 11.2 Å². The van der Waals surface area contributed by atoms with Gasteiger partial charge in [0.05, 0.1) is 6.61 Å². The average molecular weight is 293 g/mol. The third-order valence-electron chi connectivity index (χ3n) is 2.31. The Bertz CT molecular complexity index is 587. The summed E-state index contributed by atoms with van der Waals surface area (Å²) in [7, 11) is 0. The van der Waals surface area contributed by atoms with Gasteiger partial charge in [-0.15, -0.1) is 0 Å². The van der Waals surface area contributed by atoms with Crippen molar-refractivity contribution in [3.05, 3.63) is 47.6 Å². The number of ether oxygens (including phenoxy) is 2. The minimum absolute atomic E-state index is 0.280. The molecular weight excluding hydrogens is 280 g/mol. The maximum absolute atomic E-state index is 11.4. The van der Waals surface area contributed by atoms with Crippen molar-refractivity contribution in [2.75, 3.05) is 11.9 Å². The first kappa shape index (κ1) is 14.1. The number of halogens is 1. The van der Waals surface area contributed by atoms with Gasteiger partial charge in [-0.2, -0.15) is 0 Å². The van der Waals surface area contributed by atoms with Crippen molar-refractivity contribution >= 4 is 23.4 Å². The first-order valence-corrected chi connectivity index (χ1v) is 6.39. The van der Waals surface area contributed by atoms with Crippen LogP contribution in [0.2, 0.25) is 5.02 Å². The molecule has 0 radical (unpaired) electrons. The molecule has 0 spiro atoms. The number of benzene rings is 1. The zero-order valence-corrected chi connectivity index (χ0v) is 11.6. The van der Waals surface area contributed by atoms with Crippen LogP contribution in [0.15, 0.2) is 42.6 Å².